The largest absolute Gasteiger partial charge is 0.366 e. The molecule has 0 unspecified atom stereocenters. The highest BCUT2D eigenvalue weighted by Gasteiger charge is 2.27. The number of rotatable bonds is 5. The third-order valence-corrected chi connectivity index (χ3v) is 6.58. The van der Waals surface area contributed by atoms with Crippen molar-refractivity contribution in [3.63, 3.8) is 0 Å². The van der Waals surface area contributed by atoms with Crippen molar-refractivity contribution in [3.8, 4) is 0 Å². The lowest BCUT2D eigenvalue weighted by molar-refractivity contribution is -0.129. The summed E-state index contributed by atoms with van der Waals surface area (Å²) >= 11 is 11.9. The molecule has 3 rings (SSSR count). The zero-order valence-corrected chi connectivity index (χ0v) is 18.0. The molecule has 6 nitrogen and oxygen atoms in total. The van der Waals surface area contributed by atoms with Gasteiger partial charge in [-0.2, -0.15) is 0 Å². The molecule has 0 bridgehead atoms. The molecule has 0 saturated carbocycles. The van der Waals surface area contributed by atoms with Crippen molar-refractivity contribution in [1.29, 1.82) is 0 Å². The number of benzene rings is 2. The van der Waals surface area contributed by atoms with Gasteiger partial charge in [-0.15, -0.1) is 0 Å². The molecule has 156 valence electrons. The molecule has 2 aromatic rings. The molecule has 0 N–H and O–H groups in total. The number of amides is 1. The molecule has 0 radical (unpaired) electrons. The number of carbonyl (C=O) groups is 1. The Morgan fingerprint density at radius 3 is 2.31 bits per heavy atom. The first-order valence-corrected chi connectivity index (χ1v) is 11.5. The molecule has 10 heteroatoms. The summed E-state index contributed by atoms with van der Waals surface area (Å²) in [6, 6.07) is 10.9. The van der Waals surface area contributed by atoms with Crippen LogP contribution in [0, 0.1) is 5.82 Å². The average Bonchev–Trinajstić information content (AvgIpc) is 2.68. The first kappa shape index (κ1) is 21.7. The highest BCUT2D eigenvalue weighted by molar-refractivity contribution is 7.92. The van der Waals surface area contributed by atoms with Crippen molar-refractivity contribution in [1.82, 2.24) is 4.90 Å². The van der Waals surface area contributed by atoms with E-state index in [1.807, 2.05) is 4.90 Å². The predicted molar refractivity (Wildman–Crippen MR) is 114 cm³/mol. The van der Waals surface area contributed by atoms with Crippen LogP contribution in [0.3, 0.4) is 0 Å². The van der Waals surface area contributed by atoms with E-state index in [9.17, 15) is 17.6 Å². The van der Waals surface area contributed by atoms with Crippen LogP contribution in [-0.2, 0) is 14.8 Å². The van der Waals surface area contributed by atoms with E-state index in [4.69, 9.17) is 23.2 Å². The van der Waals surface area contributed by atoms with Gasteiger partial charge in [0.25, 0.3) is 0 Å². The predicted octanol–water partition coefficient (Wildman–Crippen LogP) is 3.25. The smallest absolute Gasteiger partial charge is 0.243 e. The summed E-state index contributed by atoms with van der Waals surface area (Å²) in [5.74, 6) is -0.648. The Kier molecular flexibility index (Phi) is 6.55. The monoisotopic (exact) mass is 459 g/mol. The lowest BCUT2D eigenvalue weighted by Crippen LogP contribution is -2.52. The summed E-state index contributed by atoms with van der Waals surface area (Å²) < 4.78 is 39.5. The van der Waals surface area contributed by atoms with E-state index >= 15 is 0 Å². The van der Waals surface area contributed by atoms with E-state index in [1.165, 1.54) is 24.3 Å². The van der Waals surface area contributed by atoms with Gasteiger partial charge in [0.15, 0.2) is 0 Å². The van der Waals surface area contributed by atoms with Gasteiger partial charge in [-0.1, -0.05) is 35.3 Å². The number of piperazine rings is 1. The minimum Gasteiger partial charge on any atom is -0.366 e. The molecular weight excluding hydrogens is 440 g/mol. The van der Waals surface area contributed by atoms with Crippen molar-refractivity contribution in [2.45, 2.75) is 0 Å². The highest BCUT2D eigenvalue weighted by atomic mass is 35.5. The molecule has 2 aromatic carbocycles. The topological polar surface area (TPSA) is 60.9 Å². The third kappa shape index (κ3) is 5.12. The Balaban J connectivity index is 1.69. The van der Waals surface area contributed by atoms with E-state index in [2.05, 4.69) is 0 Å². The summed E-state index contributed by atoms with van der Waals surface area (Å²) in [7, 11) is -3.72. The molecule has 29 heavy (non-hydrogen) atoms. The van der Waals surface area contributed by atoms with Crippen LogP contribution in [0.4, 0.5) is 15.8 Å². The first-order valence-electron chi connectivity index (χ1n) is 8.87. The van der Waals surface area contributed by atoms with E-state index in [0.717, 1.165) is 10.6 Å². The second-order valence-corrected chi connectivity index (χ2v) is 9.41. The minimum absolute atomic E-state index is 0.198. The van der Waals surface area contributed by atoms with Crippen molar-refractivity contribution in [2.24, 2.45) is 0 Å². The molecule has 1 aliphatic heterocycles. The molecule has 1 heterocycles. The quantitative estimate of drug-likeness (QED) is 0.688. The van der Waals surface area contributed by atoms with Crippen molar-refractivity contribution < 1.29 is 17.6 Å². The van der Waals surface area contributed by atoms with Gasteiger partial charge in [0.1, 0.15) is 12.4 Å². The molecule has 1 aliphatic rings. The minimum atomic E-state index is -3.72. The summed E-state index contributed by atoms with van der Waals surface area (Å²) in [4.78, 5) is 16.2. The van der Waals surface area contributed by atoms with Gasteiger partial charge in [-0.05, 0) is 30.3 Å². The maximum atomic E-state index is 14.0. The Morgan fingerprint density at radius 2 is 1.72 bits per heavy atom. The van der Waals surface area contributed by atoms with Crippen LogP contribution < -0.4 is 9.21 Å². The fraction of sp³-hybridized carbons (Fsp3) is 0.316. The van der Waals surface area contributed by atoms with E-state index in [-0.39, 0.29) is 29.0 Å². The van der Waals surface area contributed by atoms with Gasteiger partial charge >= 0.3 is 0 Å². The number of hydrogen-bond donors (Lipinski definition) is 0. The zero-order valence-electron chi connectivity index (χ0n) is 15.7. The summed E-state index contributed by atoms with van der Waals surface area (Å²) in [6.07, 6.45) is 1.03. The SMILES string of the molecule is CS(=O)(=O)N(CC(=O)N1CCN(c2ccccc2F)CC1)c1ccc(Cl)c(Cl)c1. The number of nitrogens with zero attached hydrogens (tertiary/aromatic N) is 3. The van der Waals surface area contributed by atoms with E-state index in [0.29, 0.717) is 36.9 Å². The number of carbonyl (C=O) groups excluding carboxylic acids is 1. The third-order valence-electron chi connectivity index (χ3n) is 4.70. The highest BCUT2D eigenvalue weighted by Crippen LogP contribution is 2.28. The van der Waals surface area contributed by atoms with E-state index < -0.39 is 10.0 Å². The number of anilines is 2. The van der Waals surface area contributed by atoms with Gasteiger partial charge in [0.05, 0.1) is 27.7 Å². The van der Waals surface area contributed by atoms with Crippen LogP contribution in [0.25, 0.3) is 0 Å². The number of sulfonamides is 1. The van der Waals surface area contributed by atoms with Crippen LogP contribution in [0.2, 0.25) is 10.0 Å². The average molecular weight is 460 g/mol. The number of para-hydroxylation sites is 1. The lowest BCUT2D eigenvalue weighted by atomic mass is 10.2. The molecule has 1 fully saturated rings. The van der Waals surface area contributed by atoms with Gasteiger partial charge in [-0.25, -0.2) is 12.8 Å². The van der Waals surface area contributed by atoms with Gasteiger partial charge in [0, 0.05) is 26.2 Å². The summed E-state index contributed by atoms with van der Waals surface area (Å²) in [6.45, 7) is 1.30. The van der Waals surface area contributed by atoms with Crippen LogP contribution in [0.5, 0.6) is 0 Å². The summed E-state index contributed by atoms with van der Waals surface area (Å²) in [5, 5.41) is 0.489. The maximum Gasteiger partial charge on any atom is 0.243 e. The Hall–Kier alpha value is -2.03. The maximum absolute atomic E-state index is 14.0. The second kappa shape index (κ2) is 8.77. The molecule has 0 atom stereocenters. The van der Waals surface area contributed by atoms with Crippen LogP contribution >= 0.6 is 23.2 Å². The second-order valence-electron chi connectivity index (χ2n) is 6.69. The summed E-state index contributed by atoms with van der Waals surface area (Å²) in [5.41, 5.74) is 0.758. The molecular formula is C19H20Cl2FN3O3S. The van der Waals surface area contributed by atoms with Gasteiger partial charge < -0.3 is 9.80 Å². The van der Waals surface area contributed by atoms with Gasteiger partial charge in [0.2, 0.25) is 15.9 Å². The van der Waals surface area contributed by atoms with Crippen molar-refractivity contribution in [3.05, 3.63) is 58.3 Å². The van der Waals surface area contributed by atoms with Crippen molar-refractivity contribution in [2.75, 3.05) is 48.2 Å². The number of hydrogen-bond acceptors (Lipinski definition) is 4. The van der Waals surface area contributed by atoms with Crippen molar-refractivity contribution >= 4 is 50.5 Å². The van der Waals surface area contributed by atoms with Crippen LogP contribution in [-0.4, -0.2) is 58.2 Å². The Morgan fingerprint density at radius 1 is 1.07 bits per heavy atom. The first-order chi connectivity index (χ1) is 13.7. The number of halogens is 3. The zero-order chi connectivity index (χ0) is 21.2. The molecule has 1 saturated heterocycles. The molecule has 0 aliphatic carbocycles. The lowest BCUT2D eigenvalue weighted by Gasteiger charge is -2.37. The van der Waals surface area contributed by atoms with Crippen LogP contribution in [0.15, 0.2) is 42.5 Å². The normalized spacial score (nSPS) is 14.8. The van der Waals surface area contributed by atoms with Gasteiger partial charge in [-0.3, -0.25) is 9.10 Å². The Bertz CT molecular complexity index is 1010. The Labute approximate surface area is 179 Å². The molecule has 1 amide bonds. The molecule has 0 aromatic heterocycles. The molecule has 0 spiro atoms. The fourth-order valence-corrected chi connectivity index (χ4v) is 4.30. The van der Waals surface area contributed by atoms with E-state index in [1.54, 1.807) is 23.1 Å². The standard InChI is InChI=1S/C19H20Cl2FN3O3S/c1-29(27,28)25(14-6-7-15(20)16(21)12-14)13-19(26)24-10-8-23(9-11-24)18-5-3-2-4-17(18)22/h2-7,12H,8-11,13H2,1H3. The fourth-order valence-electron chi connectivity index (χ4n) is 3.17. The van der Waals surface area contributed by atoms with Crippen LogP contribution in [0.1, 0.15) is 0 Å².